The molecule has 2 fully saturated rings. The average Bonchev–Trinajstić information content (AvgIpc) is 3.44. The molecular weight excluding hydrogens is 463 g/mol. The lowest BCUT2D eigenvalue weighted by Crippen LogP contribution is -2.28. The highest BCUT2D eigenvalue weighted by Crippen LogP contribution is 2.32. The van der Waals surface area contributed by atoms with Crippen LogP contribution in [0.3, 0.4) is 0 Å². The second-order valence-electron chi connectivity index (χ2n) is 8.48. The summed E-state index contributed by atoms with van der Waals surface area (Å²) in [5, 5.41) is 29.2. The van der Waals surface area contributed by atoms with Crippen LogP contribution in [-0.4, -0.2) is 78.6 Å². The standard InChI is InChI=1S/C11H15N3O3.C10H13N3O3.CH4.FH/c1-6-4-8(12-14(6)3)7-5-13(2)10(15)9(7)11(16)17;1-5-3-7(12-13(5)2)6-4-11-9(14)8(6)10(15)16;;/h4,7,9H,5H2,1-3H3,(H,16,17);3,6,8H,4H2,1-2H3,(H,11,14)(H,15,16);1H4;1H/t7-,9-;6-,8-;;/m11../s1. The maximum atomic E-state index is 11.7. The van der Waals surface area contributed by atoms with Gasteiger partial charge < -0.3 is 20.4 Å². The Labute approximate surface area is 202 Å². The second kappa shape index (κ2) is 11.1. The van der Waals surface area contributed by atoms with Gasteiger partial charge in [-0.15, -0.1) is 0 Å². The molecule has 2 aliphatic heterocycles. The van der Waals surface area contributed by atoms with Crippen LogP contribution < -0.4 is 5.32 Å². The summed E-state index contributed by atoms with van der Waals surface area (Å²) < 4.78 is 3.37. The maximum absolute atomic E-state index is 11.7. The molecule has 0 bridgehead atoms. The number of nitrogens with one attached hydrogen (secondary N) is 1. The van der Waals surface area contributed by atoms with Gasteiger partial charge in [-0.3, -0.25) is 33.2 Å². The summed E-state index contributed by atoms with van der Waals surface area (Å²) in [5.41, 5.74) is 3.23. The van der Waals surface area contributed by atoms with E-state index < -0.39 is 29.7 Å². The summed E-state index contributed by atoms with van der Waals surface area (Å²) in [6.45, 7) is 4.53. The van der Waals surface area contributed by atoms with Crippen molar-refractivity contribution in [1.29, 1.82) is 0 Å². The van der Waals surface area contributed by atoms with Gasteiger partial charge in [0.1, 0.15) is 11.8 Å². The molecular formula is C22H33FN6O6. The van der Waals surface area contributed by atoms with Crippen molar-refractivity contribution in [1.82, 2.24) is 29.8 Å². The molecule has 0 saturated carbocycles. The quantitative estimate of drug-likeness (QED) is 0.514. The maximum Gasteiger partial charge on any atom is 0.316 e. The average molecular weight is 497 g/mol. The summed E-state index contributed by atoms with van der Waals surface area (Å²) in [4.78, 5) is 46.7. The number of aromatic nitrogens is 4. The molecule has 4 rings (SSSR count). The van der Waals surface area contributed by atoms with Crippen LogP contribution in [-0.2, 0) is 33.3 Å². The SMILES string of the molecule is C.Cc1cc([C@H]2CN(C)C(=O)[C@@H]2C(=O)O)nn1C.Cc1cc([C@H]2CNC(=O)[C@@H]2C(=O)O)nn1C.F. The molecule has 0 radical (unpaired) electrons. The Hall–Kier alpha value is -3.77. The third kappa shape index (κ3) is 5.66. The van der Waals surface area contributed by atoms with Gasteiger partial charge in [-0.05, 0) is 26.0 Å². The Bertz CT molecular complexity index is 1070. The van der Waals surface area contributed by atoms with E-state index in [0.717, 1.165) is 11.4 Å². The molecule has 4 atom stereocenters. The van der Waals surface area contributed by atoms with Gasteiger partial charge >= 0.3 is 11.9 Å². The van der Waals surface area contributed by atoms with Gasteiger partial charge in [-0.25, -0.2) is 0 Å². The number of hydrogen-bond donors (Lipinski definition) is 3. The van der Waals surface area contributed by atoms with Crippen molar-refractivity contribution in [3.8, 4) is 0 Å². The molecule has 4 heterocycles. The van der Waals surface area contributed by atoms with Crippen LogP contribution in [0.2, 0.25) is 0 Å². The van der Waals surface area contributed by atoms with E-state index in [1.54, 1.807) is 30.5 Å². The van der Waals surface area contributed by atoms with Crippen molar-refractivity contribution < 1.29 is 34.1 Å². The van der Waals surface area contributed by atoms with Crippen molar-refractivity contribution in [3.63, 3.8) is 0 Å². The number of carbonyl (C=O) groups is 4. The lowest BCUT2D eigenvalue weighted by atomic mass is 9.92. The Morgan fingerprint density at radius 1 is 0.914 bits per heavy atom. The van der Waals surface area contributed by atoms with Gasteiger partial charge in [0.2, 0.25) is 11.8 Å². The molecule has 2 saturated heterocycles. The number of likely N-dealkylation sites (tertiary alicyclic amines) is 1. The number of carbonyl (C=O) groups excluding carboxylic acids is 2. The summed E-state index contributed by atoms with van der Waals surface area (Å²) >= 11 is 0. The van der Waals surface area contributed by atoms with Crippen LogP contribution in [0.1, 0.15) is 42.0 Å². The third-order valence-corrected chi connectivity index (χ3v) is 6.25. The van der Waals surface area contributed by atoms with Gasteiger partial charge in [0.15, 0.2) is 0 Å². The molecule has 2 aliphatic rings. The van der Waals surface area contributed by atoms with Crippen LogP contribution in [0.15, 0.2) is 12.1 Å². The number of amides is 2. The molecule has 0 aromatic carbocycles. The van der Waals surface area contributed by atoms with E-state index in [0.29, 0.717) is 24.5 Å². The molecule has 3 N–H and O–H groups in total. The van der Waals surface area contributed by atoms with E-state index in [1.165, 1.54) is 4.90 Å². The zero-order valence-corrected chi connectivity index (χ0v) is 19.6. The van der Waals surface area contributed by atoms with E-state index in [4.69, 9.17) is 10.2 Å². The summed E-state index contributed by atoms with van der Waals surface area (Å²) in [6, 6.07) is 3.66. The number of carboxylic acid groups (broad SMARTS) is 2. The Morgan fingerprint density at radius 3 is 1.77 bits per heavy atom. The molecule has 35 heavy (non-hydrogen) atoms. The van der Waals surface area contributed by atoms with Crippen molar-refractivity contribution in [2.75, 3.05) is 20.1 Å². The fraction of sp³-hybridized carbons (Fsp3) is 0.545. The van der Waals surface area contributed by atoms with Gasteiger partial charge in [-0.1, -0.05) is 7.43 Å². The summed E-state index contributed by atoms with van der Waals surface area (Å²) in [7, 11) is 5.21. The zero-order chi connectivity index (χ0) is 24.6. The number of halogens is 1. The van der Waals surface area contributed by atoms with Crippen LogP contribution in [0.5, 0.6) is 0 Å². The number of nitrogens with zero attached hydrogens (tertiary/aromatic N) is 5. The van der Waals surface area contributed by atoms with Crippen LogP contribution >= 0.6 is 0 Å². The number of aryl methyl sites for hydroxylation is 4. The van der Waals surface area contributed by atoms with Crippen LogP contribution in [0.4, 0.5) is 4.70 Å². The molecule has 0 spiro atoms. The predicted octanol–water partition coefficient (Wildman–Crippen LogP) is 0.416. The normalized spacial score (nSPS) is 23.1. The lowest BCUT2D eigenvalue weighted by Gasteiger charge is -2.09. The number of hydrogen-bond acceptors (Lipinski definition) is 6. The topological polar surface area (TPSA) is 160 Å². The zero-order valence-electron chi connectivity index (χ0n) is 19.6. The molecule has 2 amide bonds. The minimum absolute atomic E-state index is 0. The first-order chi connectivity index (χ1) is 15.4. The smallest absolute Gasteiger partial charge is 0.316 e. The molecule has 13 heteroatoms. The Morgan fingerprint density at radius 2 is 1.37 bits per heavy atom. The highest BCUT2D eigenvalue weighted by molar-refractivity contribution is 6.00. The van der Waals surface area contributed by atoms with Gasteiger partial charge in [0.25, 0.3) is 0 Å². The first-order valence-electron chi connectivity index (χ1n) is 10.4. The molecule has 0 unspecified atom stereocenters. The molecule has 194 valence electrons. The number of aliphatic carboxylic acids is 2. The molecule has 2 aromatic rings. The predicted molar refractivity (Wildman–Crippen MR) is 124 cm³/mol. The lowest BCUT2D eigenvalue weighted by molar-refractivity contribution is -0.148. The van der Waals surface area contributed by atoms with Crippen molar-refractivity contribution in [2.24, 2.45) is 25.9 Å². The Kier molecular flexibility index (Phi) is 9.28. The molecule has 0 aliphatic carbocycles. The minimum atomic E-state index is -1.09. The van der Waals surface area contributed by atoms with E-state index in [2.05, 4.69) is 15.5 Å². The first kappa shape index (κ1) is 29.3. The highest BCUT2D eigenvalue weighted by Gasteiger charge is 2.45. The number of carboxylic acids is 2. The van der Waals surface area contributed by atoms with Gasteiger partial charge in [0, 0.05) is 57.5 Å². The summed E-state index contributed by atoms with van der Waals surface area (Å²) in [6.07, 6.45) is 0. The number of rotatable bonds is 4. The van der Waals surface area contributed by atoms with Crippen LogP contribution in [0.25, 0.3) is 0 Å². The van der Waals surface area contributed by atoms with Crippen molar-refractivity contribution >= 4 is 23.8 Å². The minimum Gasteiger partial charge on any atom is -0.481 e. The van der Waals surface area contributed by atoms with Crippen LogP contribution in [0, 0.1) is 25.7 Å². The molecule has 12 nitrogen and oxygen atoms in total. The van der Waals surface area contributed by atoms with Gasteiger partial charge in [-0.2, -0.15) is 10.2 Å². The number of likely N-dealkylation sites (N-methyl/N-ethyl adjacent to an activating group) is 1. The van der Waals surface area contributed by atoms with Crippen molar-refractivity contribution in [2.45, 2.75) is 33.1 Å². The summed E-state index contributed by atoms with van der Waals surface area (Å²) in [5.74, 6) is -5.69. The highest BCUT2D eigenvalue weighted by atomic mass is 19.0. The van der Waals surface area contributed by atoms with E-state index >= 15 is 0 Å². The molecule has 2 aromatic heterocycles. The van der Waals surface area contributed by atoms with Crippen molar-refractivity contribution in [3.05, 3.63) is 34.9 Å². The van der Waals surface area contributed by atoms with E-state index in [1.807, 2.05) is 26.0 Å². The third-order valence-electron chi connectivity index (χ3n) is 6.25. The largest absolute Gasteiger partial charge is 0.481 e. The van der Waals surface area contributed by atoms with E-state index in [9.17, 15) is 19.2 Å². The fourth-order valence-electron chi connectivity index (χ4n) is 4.16. The Balaban J connectivity index is 0.000000332. The first-order valence-corrected chi connectivity index (χ1v) is 10.4. The van der Waals surface area contributed by atoms with E-state index in [-0.39, 0.29) is 29.9 Å². The fourth-order valence-corrected chi connectivity index (χ4v) is 4.16. The second-order valence-corrected chi connectivity index (χ2v) is 8.48. The monoisotopic (exact) mass is 496 g/mol. The van der Waals surface area contributed by atoms with Gasteiger partial charge in [0.05, 0.1) is 11.4 Å².